The Labute approximate surface area is 130 Å². The summed E-state index contributed by atoms with van der Waals surface area (Å²) in [6.07, 6.45) is -0.374. The first-order valence-corrected chi connectivity index (χ1v) is 8.20. The third kappa shape index (κ3) is 5.12. The van der Waals surface area contributed by atoms with E-state index < -0.39 is 12.7 Å². The summed E-state index contributed by atoms with van der Waals surface area (Å²) in [7, 11) is 0. The number of likely N-dealkylation sites (tertiary alicyclic amines) is 1. The predicted molar refractivity (Wildman–Crippen MR) is 78.5 cm³/mol. The van der Waals surface area contributed by atoms with Gasteiger partial charge in [-0.25, -0.2) is 0 Å². The highest BCUT2D eigenvalue weighted by molar-refractivity contribution is 5.81. The Kier molecular flexibility index (Phi) is 6.09. The van der Waals surface area contributed by atoms with Crippen molar-refractivity contribution in [1.82, 2.24) is 15.1 Å². The first kappa shape index (κ1) is 17.5. The monoisotopic (exact) mass is 321 g/mol. The fraction of sp³-hybridized carbons (Fsp3) is 0.933. The normalized spacial score (nSPS) is 28.0. The van der Waals surface area contributed by atoms with E-state index in [1.807, 2.05) is 0 Å². The van der Waals surface area contributed by atoms with Crippen LogP contribution in [0.15, 0.2) is 0 Å². The van der Waals surface area contributed by atoms with Gasteiger partial charge in [0.05, 0.1) is 12.6 Å². The minimum Gasteiger partial charge on any atom is -0.355 e. The number of hydrogen-bond acceptors (Lipinski definition) is 3. The molecule has 0 aromatic carbocycles. The zero-order valence-electron chi connectivity index (χ0n) is 13.2. The van der Waals surface area contributed by atoms with E-state index >= 15 is 0 Å². The standard InChI is InChI=1S/C15H26F3N3O/c1-2-20(11-15(16,17)18)9-12-6-8-21(10-12)13-5-3-4-7-19-14(13)22/h12-13H,2-11H2,1H3,(H,19,22)/t12-,13-/m0/s1. The summed E-state index contributed by atoms with van der Waals surface area (Å²) in [5.74, 6) is 0.305. The van der Waals surface area contributed by atoms with Crippen LogP contribution in [0.2, 0.25) is 0 Å². The fourth-order valence-corrected chi connectivity index (χ4v) is 3.49. The molecule has 1 N–H and O–H groups in total. The Morgan fingerprint density at radius 2 is 2.09 bits per heavy atom. The Balaban J connectivity index is 1.85. The zero-order valence-corrected chi connectivity index (χ0v) is 13.2. The van der Waals surface area contributed by atoms with E-state index in [0.29, 0.717) is 13.1 Å². The number of rotatable bonds is 5. The van der Waals surface area contributed by atoms with Crippen molar-refractivity contribution in [1.29, 1.82) is 0 Å². The number of alkyl halides is 3. The van der Waals surface area contributed by atoms with Crippen LogP contribution in [0.25, 0.3) is 0 Å². The lowest BCUT2D eigenvalue weighted by molar-refractivity contribution is -0.146. The summed E-state index contributed by atoms with van der Waals surface area (Å²) in [5.41, 5.74) is 0. The van der Waals surface area contributed by atoms with Crippen molar-refractivity contribution in [3.8, 4) is 0 Å². The van der Waals surface area contributed by atoms with Crippen LogP contribution in [0.5, 0.6) is 0 Å². The average Bonchev–Trinajstić information content (AvgIpc) is 2.77. The molecule has 0 unspecified atom stereocenters. The highest BCUT2D eigenvalue weighted by atomic mass is 19.4. The molecule has 1 amide bonds. The van der Waals surface area contributed by atoms with Crippen molar-refractivity contribution in [3.05, 3.63) is 0 Å². The van der Waals surface area contributed by atoms with Crippen LogP contribution in [-0.2, 0) is 4.79 Å². The smallest absolute Gasteiger partial charge is 0.355 e. The third-order valence-electron chi connectivity index (χ3n) is 4.63. The van der Waals surface area contributed by atoms with Crippen LogP contribution in [0, 0.1) is 5.92 Å². The van der Waals surface area contributed by atoms with Crippen molar-refractivity contribution in [2.45, 2.75) is 44.8 Å². The molecule has 4 nitrogen and oxygen atoms in total. The molecule has 0 aromatic rings. The van der Waals surface area contributed by atoms with Crippen molar-refractivity contribution in [2.24, 2.45) is 5.92 Å². The van der Waals surface area contributed by atoms with Crippen molar-refractivity contribution in [2.75, 3.05) is 39.3 Å². The summed E-state index contributed by atoms with van der Waals surface area (Å²) in [4.78, 5) is 15.7. The van der Waals surface area contributed by atoms with Crippen LogP contribution >= 0.6 is 0 Å². The van der Waals surface area contributed by atoms with Crippen molar-refractivity contribution >= 4 is 5.91 Å². The molecule has 0 bridgehead atoms. The molecule has 0 spiro atoms. The highest BCUT2D eigenvalue weighted by Crippen LogP contribution is 2.24. The summed E-state index contributed by atoms with van der Waals surface area (Å²) < 4.78 is 37.6. The maximum Gasteiger partial charge on any atom is 0.401 e. The third-order valence-corrected chi connectivity index (χ3v) is 4.63. The molecular weight excluding hydrogens is 295 g/mol. The second-order valence-electron chi connectivity index (χ2n) is 6.40. The maximum absolute atomic E-state index is 12.5. The van der Waals surface area contributed by atoms with E-state index in [2.05, 4.69) is 10.2 Å². The maximum atomic E-state index is 12.5. The number of carbonyl (C=O) groups is 1. The molecule has 2 fully saturated rings. The minimum absolute atomic E-state index is 0.0841. The van der Waals surface area contributed by atoms with Gasteiger partial charge in [0, 0.05) is 19.6 Å². The van der Waals surface area contributed by atoms with E-state index in [4.69, 9.17) is 0 Å². The predicted octanol–water partition coefficient (Wildman–Crippen LogP) is 1.86. The molecule has 2 rings (SSSR count). The molecule has 0 saturated carbocycles. The van der Waals surface area contributed by atoms with Gasteiger partial charge in [0.25, 0.3) is 0 Å². The Morgan fingerprint density at radius 3 is 2.77 bits per heavy atom. The van der Waals surface area contributed by atoms with Crippen LogP contribution in [-0.4, -0.2) is 67.2 Å². The minimum atomic E-state index is -4.14. The lowest BCUT2D eigenvalue weighted by Gasteiger charge is -2.27. The van der Waals surface area contributed by atoms with Crippen LogP contribution in [0.1, 0.15) is 32.6 Å². The summed E-state index contributed by atoms with van der Waals surface area (Å²) in [5, 5.41) is 2.93. The number of amides is 1. The number of halogens is 3. The van der Waals surface area contributed by atoms with Gasteiger partial charge in [-0.1, -0.05) is 6.92 Å². The van der Waals surface area contributed by atoms with Crippen molar-refractivity contribution < 1.29 is 18.0 Å². The summed E-state index contributed by atoms with van der Waals surface area (Å²) >= 11 is 0. The lowest BCUT2D eigenvalue weighted by Crippen LogP contribution is -2.45. The van der Waals surface area contributed by atoms with E-state index in [9.17, 15) is 18.0 Å². The van der Waals surface area contributed by atoms with Crippen molar-refractivity contribution in [3.63, 3.8) is 0 Å². The second kappa shape index (κ2) is 7.64. The van der Waals surface area contributed by atoms with Gasteiger partial charge >= 0.3 is 6.18 Å². The molecule has 2 heterocycles. The second-order valence-corrected chi connectivity index (χ2v) is 6.40. The van der Waals surface area contributed by atoms with Gasteiger partial charge < -0.3 is 5.32 Å². The first-order valence-electron chi connectivity index (χ1n) is 8.20. The molecule has 128 valence electrons. The number of carbonyl (C=O) groups excluding carboxylic acids is 1. The summed E-state index contributed by atoms with van der Waals surface area (Å²) in [6, 6.07) is -0.0924. The molecule has 0 radical (unpaired) electrons. The number of hydrogen-bond donors (Lipinski definition) is 1. The molecule has 2 saturated heterocycles. The molecule has 2 atom stereocenters. The number of nitrogens with zero attached hydrogens (tertiary/aromatic N) is 2. The van der Waals surface area contributed by atoms with Crippen LogP contribution in [0.4, 0.5) is 13.2 Å². The van der Waals surface area contributed by atoms with Gasteiger partial charge in [0.15, 0.2) is 0 Å². The topological polar surface area (TPSA) is 35.6 Å². The molecule has 2 aliphatic rings. The van der Waals surface area contributed by atoms with Gasteiger partial charge in [0.2, 0.25) is 5.91 Å². The molecular formula is C15H26F3N3O. The first-order chi connectivity index (χ1) is 10.4. The fourth-order valence-electron chi connectivity index (χ4n) is 3.49. The van der Waals surface area contributed by atoms with Gasteiger partial charge in [-0.2, -0.15) is 13.2 Å². The summed E-state index contributed by atoms with van der Waals surface area (Å²) in [6.45, 7) is 4.06. The Bertz CT molecular complexity index is 376. The van der Waals surface area contributed by atoms with Gasteiger partial charge in [-0.05, 0) is 44.7 Å². The molecule has 7 heteroatoms. The average molecular weight is 321 g/mol. The Hall–Kier alpha value is -0.820. The molecule has 0 aromatic heterocycles. The van der Waals surface area contributed by atoms with Gasteiger partial charge in [-0.3, -0.25) is 14.6 Å². The zero-order chi connectivity index (χ0) is 16.2. The Morgan fingerprint density at radius 1 is 1.32 bits per heavy atom. The van der Waals surface area contributed by atoms with E-state index in [1.165, 1.54) is 4.90 Å². The highest BCUT2D eigenvalue weighted by Gasteiger charge is 2.35. The van der Waals surface area contributed by atoms with Crippen LogP contribution < -0.4 is 5.32 Å². The van der Waals surface area contributed by atoms with E-state index in [-0.39, 0.29) is 17.9 Å². The molecule has 0 aliphatic carbocycles. The number of nitrogens with one attached hydrogen (secondary N) is 1. The quantitative estimate of drug-likeness (QED) is 0.839. The largest absolute Gasteiger partial charge is 0.401 e. The lowest BCUT2D eigenvalue weighted by atomic mass is 10.1. The molecule has 22 heavy (non-hydrogen) atoms. The van der Waals surface area contributed by atoms with Gasteiger partial charge in [-0.15, -0.1) is 0 Å². The SMILES string of the molecule is CCN(C[C@@H]1CCN([C@H]2CCCCNC2=O)C1)CC(F)(F)F. The molecule has 2 aliphatic heterocycles. The van der Waals surface area contributed by atoms with Crippen LogP contribution in [0.3, 0.4) is 0 Å². The van der Waals surface area contributed by atoms with E-state index in [1.54, 1.807) is 6.92 Å². The van der Waals surface area contributed by atoms with E-state index in [0.717, 1.165) is 45.3 Å². The van der Waals surface area contributed by atoms with Gasteiger partial charge in [0.1, 0.15) is 0 Å².